The second kappa shape index (κ2) is 12.9. The zero-order valence-corrected chi connectivity index (χ0v) is 28.3. The van der Waals surface area contributed by atoms with Gasteiger partial charge in [0.1, 0.15) is 11.4 Å². The lowest BCUT2D eigenvalue weighted by atomic mass is 10.1. The van der Waals surface area contributed by atoms with Crippen LogP contribution in [0.5, 0.6) is 0 Å². The first-order valence-corrected chi connectivity index (χ1v) is 16.8. The predicted octanol–water partition coefficient (Wildman–Crippen LogP) is 4.87. The minimum atomic E-state index is -0.612. The van der Waals surface area contributed by atoms with Gasteiger partial charge in [-0.15, -0.1) is 5.92 Å². The Morgan fingerprint density at radius 3 is 2.47 bits per heavy atom. The molecule has 252 valence electrons. The van der Waals surface area contributed by atoms with Crippen molar-refractivity contribution in [3.8, 4) is 23.1 Å². The van der Waals surface area contributed by atoms with Crippen LogP contribution >= 0.6 is 0 Å². The van der Waals surface area contributed by atoms with Gasteiger partial charge in [0.05, 0.1) is 24.3 Å². The zero-order chi connectivity index (χ0) is 34.3. The summed E-state index contributed by atoms with van der Waals surface area (Å²) in [5.74, 6) is 6.96. The fourth-order valence-electron chi connectivity index (χ4n) is 6.50. The standard InChI is InChI=1S/C37H40N8O4/c1-5-6-21-43-31-32(41-34(43)42-20-12-15-25(22-42)38-35(47)49-37(2,3)4)45(26-18-19-26)36(48)44(33(31)46)23-29-39-28-17-11-10-16-27(28)30(40-29)24-13-8-7-9-14-24/h7-11,13-14,16-17,25-26H,12,15,18-23H2,1-4H3,(H,38,47). The van der Waals surface area contributed by atoms with E-state index in [9.17, 15) is 14.4 Å². The Morgan fingerprint density at radius 1 is 0.980 bits per heavy atom. The topological polar surface area (TPSA) is 129 Å². The fraction of sp³-hybridized carbons (Fsp3) is 0.405. The molecule has 12 nitrogen and oxygen atoms in total. The molecule has 1 N–H and O–H groups in total. The molecule has 4 heterocycles. The summed E-state index contributed by atoms with van der Waals surface area (Å²) in [6.07, 6.45) is 2.75. The molecule has 1 saturated heterocycles. The van der Waals surface area contributed by atoms with Crippen molar-refractivity contribution in [3.05, 3.63) is 81.3 Å². The Kier molecular flexibility index (Phi) is 8.44. The van der Waals surface area contributed by atoms with Crippen molar-refractivity contribution in [2.75, 3.05) is 18.0 Å². The summed E-state index contributed by atoms with van der Waals surface area (Å²) in [7, 11) is 0. The fourth-order valence-corrected chi connectivity index (χ4v) is 6.50. The number of carbonyl (C=O) groups excluding carboxylic acids is 1. The summed E-state index contributed by atoms with van der Waals surface area (Å²) in [5, 5.41) is 3.88. The van der Waals surface area contributed by atoms with Gasteiger partial charge in [-0.1, -0.05) is 54.5 Å². The van der Waals surface area contributed by atoms with Gasteiger partial charge in [0.2, 0.25) is 5.95 Å². The minimum absolute atomic E-state index is 0.0596. The van der Waals surface area contributed by atoms with Gasteiger partial charge >= 0.3 is 11.8 Å². The molecule has 1 saturated carbocycles. The summed E-state index contributed by atoms with van der Waals surface area (Å²) < 4.78 is 10.2. The number of amides is 1. The molecule has 1 aliphatic carbocycles. The van der Waals surface area contributed by atoms with E-state index in [2.05, 4.69) is 22.1 Å². The highest BCUT2D eigenvalue weighted by molar-refractivity contribution is 5.92. The maximum Gasteiger partial charge on any atom is 0.407 e. The van der Waals surface area contributed by atoms with E-state index in [1.165, 1.54) is 4.57 Å². The van der Waals surface area contributed by atoms with E-state index >= 15 is 0 Å². The molecule has 49 heavy (non-hydrogen) atoms. The second-order valence-corrected chi connectivity index (χ2v) is 13.7. The molecule has 5 aromatic rings. The Balaban J connectivity index is 1.33. The summed E-state index contributed by atoms with van der Waals surface area (Å²) in [5.41, 5.74) is 1.55. The smallest absolute Gasteiger partial charge is 0.407 e. The number of para-hydroxylation sites is 1. The number of alkyl carbamates (subject to hydrolysis) is 1. The van der Waals surface area contributed by atoms with Crippen molar-refractivity contribution >= 4 is 34.1 Å². The molecule has 1 amide bonds. The number of hydrogen-bond donors (Lipinski definition) is 1. The second-order valence-electron chi connectivity index (χ2n) is 13.7. The quantitative estimate of drug-likeness (QED) is 0.245. The van der Waals surface area contributed by atoms with E-state index in [4.69, 9.17) is 19.7 Å². The van der Waals surface area contributed by atoms with Gasteiger partial charge in [-0.05, 0) is 59.4 Å². The highest BCUT2D eigenvalue weighted by atomic mass is 16.6. The number of nitrogens with zero attached hydrogens (tertiary/aromatic N) is 7. The molecule has 12 heteroatoms. The summed E-state index contributed by atoms with van der Waals surface area (Å²) in [4.78, 5) is 58.1. The van der Waals surface area contributed by atoms with Crippen molar-refractivity contribution in [1.29, 1.82) is 0 Å². The van der Waals surface area contributed by atoms with Crippen LogP contribution in [0.1, 0.15) is 65.2 Å². The van der Waals surface area contributed by atoms with E-state index in [0.29, 0.717) is 36.0 Å². The Bertz CT molecular complexity index is 2230. The third-order valence-electron chi connectivity index (χ3n) is 8.79. The number of ether oxygens (including phenoxy) is 1. The molecule has 1 aliphatic heterocycles. The summed E-state index contributed by atoms with van der Waals surface area (Å²) in [6.45, 7) is 8.50. The van der Waals surface area contributed by atoms with Crippen LogP contribution in [0.3, 0.4) is 0 Å². The molecule has 2 fully saturated rings. The van der Waals surface area contributed by atoms with Gasteiger partial charge < -0.3 is 15.0 Å². The normalized spacial score (nSPS) is 16.4. The molecule has 3 aromatic heterocycles. The van der Waals surface area contributed by atoms with Crippen molar-refractivity contribution in [1.82, 2.24) is 34.0 Å². The number of nitrogens with one attached hydrogen (secondary N) is 1. The first kappa shape index (κ1) is 32.1. The van der Waals surface area contributed by atoms with Gasteiger partial charge in [0, 0.05) is 36.1 Å². The minimum Gasteiger partial charge on any atom is -0.444 e. The van der Waals surface area contributed by atoms with Gasteiger partial charge in [0.15, 0.2) is 11.2 Å². The van der Waals surface area contributed by atoms with Crippen molar-refractivity contribution in [3.63, 3.8) is 0 Å². The molecular formula is C37H40N8O4. The highest BCUT2D eigenvalue weighted by Gasteiger charge is 2.34. The Hall–Kier alpha value is -5.44. The lowest BCUT2D eigenvalue weighted by Crippen LogP contribution is -2.49. The molecule has 2 aromatic carbocycles. The first-order valence-electron chi connectivity index (χ1n) is 16.8. The van der Waals surface area contributed by atoms with Crippen molar-refractivity contribution in [2.24, 2.45) is 0 Å². The molecular weight excluding hydrogens is 620 g/mol. The van der Waals surface area contributed by atoms with Crippen LogP contribution < -0.4 is 21.5 Å². The van der Waals surface area contributed by atoms with E-state index in [1.807, 2.05) is 79.9 Å². The number of aromatic nitrogens is 6. The molecule has 7 rings (SSSR count). The number of imidazole rings is 1. The number of fused-ring (bicyclic) bond motifs is 2. The lowest BCUT2D eigenvalue weighted by Gasteiger charge is -2.34. The van der Waals surface area contributed by atoms with Gasteiger partial charge in [-0.3, -0.25) is 18.5 Å². The van der Waals surface area contributed by atoms with Crippen LogP contribution in [0, 0.1) is 11.8 Å². The first-order chi connectivity index (χ1) is 23.6. The average Bonchev–Trinajstić information content (AvgIpc) is 3.84. The van der Waals surface area contributed by atoms with Crippen LogP contribution in [0.4, 0.5) is 10.7 Å². The summed E-state index contributed by atoms with van der Waals surface area (Å²) >= 11 is 0. The monoisotopic (exact) mass is 660 g/mol. The van der Waals surface area contributed by atoms with E-state index in [-0.39, 0.29) is 25.2 Å². The van der Waals surface area contributed by atoms with Crippen molar-refractivity contribution in [2.45, 2.75) is 84.2 Å². The van der Waals surface area contributed by atoms with Crippen LogP contribution in [0.2, 0.25) is 0 Å². The number of hydrogen-bond acceptors (Lipinski definition) is 8. The van der Waals surface area contributed by atoms with Crippen LogP contribution in [0.15, 0.2) is 64.2 Å². The Morgan fingerprint density at radius 2 is 1.73 bits per heavy atom. The maximum atomic E-state index is 14.5. The van der Waals surface area contributed by atoms with Crippen LogP contribution in [0.25, 0.3) is 33.3 Å². The van der Waals surface area contributed by atoms with E-state index in [0.717, 1.165) is 47.8 Å². The molecule has 0 bridgehead atoms. The summed E-state index contributed by atoms with van der Waals surface area (Å²) in [6, 6.07) is 17.3. The number of rotatable bonds is 7. The molecule has 1 unspecified atom stereocenters. The molecule has 0 radical (unpaired) electrons. The Labute approximate surface area is 283 Å². The number of carbonyl (C=O) groups is 1. The third-order valence-corrected chi connectivity index (χ3v) is 8.79. The molecule has 2 aliphatic rings. The average molecular weight is 661 g/mol. The highest BCUT2D eigenvalue weighted by Crippen LogP contribution is 2.36. The zero-order valence-electron chi connectivity index (χ0n) is 28.3. The van der Waals surface area contributed by atoms with Crippen LogP contribution in [-0.4, -0.2) is 59.5 Å². The van der Waals surface area contributed by atoms with E-state index in [1.54, 1.807) is 11.5 Å². The SMILES string of the molecule is CC#CCn1c(N2CCCC(NC(=O)OC(C)(C)C)C2)nc2c1c(=O)n(Cc1nc(-c3ccccc3)c3ccccc3n1)c(=O)n2C1CC1. The van der Waals surface area contributed by atoms with Gasteiger partial charge in [-0.25, -0.2) is 19.6 Å². The largest absolute Gasteiger partial charge is 0.444 e. The van der Waals surface area contributed by atoms with Gasteiger partial charge in [0.25, 0.3) is 5.56 Å². The van der Waals surface area contributed by atoms with E-state index < -0.39 is 22.9 Å². The third kappa shape index (κ3) is 6.53. The molecule has 0 spiro atoms. The lowest BCUT2D eigenvalue weighted by molar-refractivity contribution is 0.0499. The molecule has 1 atom stereocenters. The number of anilines is 1. The van der Waals surface area contributed by atoms with Crippen molar-refractivity contribution < 1.29 is 9.53 Å². The number of piperidine rings is 1. The maximum absolute atomic E-state index is 14.5. The van der Waals surface area contributed by atoms with Crippen LogP contribution in [-0.2, 0) is 17.8 Å². The predicted molar refractivity (Wildman–Crippen MR) is 189 cm³/mol. The van der Waals surface area contributed by atoms with Gasteiger partial charge in [-0.2, -0.15) is 4.98 Å². The number of benzene rings is 2.